The molecule has 2 aromatic rings. The molecule has 1 heterocycles. The second kappa shape index (κ2) is 5.27. The quantitative estimate of drug-likeness (QED) is 0.904. The Balaban J connectivity index is 2.19. The first-order valence-electron chi connectivity index (χ1n) is 5.70. The van der Waals surface area contributed by atoms with E-state index < -0.39 is 0 Å². The van der Waals surface area contributed by atoms with Crippen molar-refractivity contribution in [1.82, 2.24) is 4.98 Å². The van der Waals surface area contributed by atoms with Crippen molar-refractivity contribution in [3.63, 3.8) is 0 Å². The summed E-state index contributed by atoms with van der Waals surface area (Å²) >= 11 is 1.18. The van der Waals surface area contributed by atoms with Gasteiger partial charge in [-0.25, -0.2) is 4.98 Å². The summed E-state index contributed by atoms with van der Waals surface area (Å²) < 4.78 is 5.17. The lowest BCUT2D eigenvalue weighted by Crippen LogP contribution is -2.11. The Morgan fingerprint density at radius 1 is 1.42 bits per heavy atom. The highest BCUT2D eigenvalue weighted by Gasteiger charge is 2.14. The maximum atomic E-state index is 12.1. The van der Waals surface area contributed by atoms with E-state index in [1.165, 1.54) is 11.3 Å². The third-order valence-electron chi connectivity index (χ3n) is 2.67. The Bertz CT molecular complexity index is 622. The highest BCUT2D eigenvalue weighted by atomic mass is 32.1. The third-order valence-corrected chi connectivity index (χ3v) is 3.66. The molecule has 0 unspecified atom stereocenters. The molecule has 1 amide bonds. The zero-order valence-electron chi connectivity index (χ0n) is 11.0. The van der Waals surface area contributed by atoms with Crippen LogP contribution in [0.1, 0.15) is 20.9 Å². The van der Waals surface area contributed by atoms with Crippen LogP contribution in [0.3, 0.4) is 0 Å². The monoisotopic (exact) mass is 277 g/mol. The van der Waals surface area contributed by atoms with Gasteiger partial charge in [0, 0.05) is 5.69 Å². The first-order chi connectivity index (χ1) is 9.01. The summed E-state index contributed by atoms with van der Waals surface area (Å²) in [5, 5.41) is 3.22. The lowest BCUT2D eigenvalue weighted by molar-refractivity contribution is 0.103. The zero-order chi connectivity index (χ0) is 14.0. The number of nitrogens with one attached hydrogen (secondary N) is 1. The van der Waals surface area contributed by atoms with Crippen LogP contribution in [0, 0.1) is 13.8 Å². The molecule has 0 fully saturated rings. The van der Waals surface area contributed by atoms with Crippen LogP contribution in [-0.2, 0) is 0 Å². The molecule has 100 valence electrons. The molecule has 0 atom stereocenters. The summed E-state index contributed by atoms with van der Waals surface area (Å²) in [5.74, 6) is 0.590. The Hall–Kier alpha value is -2.08. The van der Waals surface area contributed by atoms with Gasteiger partial charge in [-0.2, -0.15) is 0 Å². The summed E-state index contributed by atoms with van der Waals surface area (Å²) in [5.41, 5.74) is 7.90. The van der Waals surface area contributed by atoms with Crippen molar-refractivity contribution in [2.24, 2.45) is 0 Å². The molecule has 0 aliphatic rings. The number of benzene rings is 1. The fourth-order valence-electron chi connectivity index (χ4n) is 1.77. The Morgan fingerprint density at radius 3 is 2.68 bits per heavy atom. The first-order valence-corrected chi connectivity index (χ1v) is 6.52. The normalized spacial score (nSPS) is 10.3. The van der Waals surface area contributed by atoms with Crippen LogP contribution in [0.2, 0.25) is 0 Å². The molecule has 0 radical (unpaired) electrons. The predicted molar refractivity (Wildman–Crippen MR) is 76.9 cm³/mol. The van der Waals surface area contributed by atoms with Gasteiger partial charge in [0.2, 0.25) is 0 Å². The Kier molecular flexibility index (Phi) is 3.71. The summed E-state index contributed by atoms with van der Waals surface area (Å²) in [4.78, 5) is 16.7. The van der Waals surface area contributed by atoms with Gasteiger partial charge in [-0.1, -0.05) is 11.3 Å². The van der Waals surface area contributed by atoms with E-state index in [1.807, 2.05) is 19.1 Å². The number of aryl methyl sites for hydroxylation is 2. The van der Waals surface area contributed by atoms with Gasteiger partial charge in [-0.05, 0) is 37.6 Å². The number of nitrogens with zero attached hydrogens (tertiary/aromatic N) is 1. The molecular weight excluding hydrogens is 262 g/mol. The molecule has 19 heavy (non-hydrogen) atoms. The number of anilines is 2. The van der Waals surface area contributed by atoms with Crippen LogP contribution in [0.4, 0.5) is 10.8 Å². The second-order valence-electron chi connectivity index (χ2n) is 4.11. The molecule has 0 aliphatic carbocycles. The van der Waals surface area contributed by atoms with Gasteiger partial charge in [0.15, 0.2) is 5.13 Å². The van der Waals surface area contributed by atoms with E-state index in [4.69, 9.17) is 10.5 Å². The van der Waals surface area contributed by atoms with Crippen molar-refractivity contribution < 1.29 is 9.53 Å². The molecule has 0 bridgehead atoms. The van der Waals surface area contributed by atoms with Crippen LogP contribution in [0.25, 0.3) is 0 Å². The lowest BCUT2D eigenvalue weighted by Gasteiger charge is -2.08. The standard InChI is InChI=1S/C13H15N3O2S/c1-7-6-9(4-5-10(7)18-3)16-12(17)11-8(2)15-13(14)19-11/h4-6H,1-3H3,(H2,14,15)(H,16,17). The van der Waals surface area contributed by atoms with Gasteiger partial charge in [-0.3, -0.25) is 4.79 Å². The van der Waals surface area contributed by atoms with Gasteiger partial charge >= 0.3 is 0 Å². The van der Waals surface area contributed by atoms with E-state index in [0.717, 1.165) is 17.0 Å². The minimum absolute atomic E-state index is 0.198. The molecule has 0 spiro atoms. The molecule has 2 rings (SSSR count). The van der Waals surface area contributed by atoms with Crippen molar-refractivity contribution in [2.45, 2.75) is 13.8 Å². The van der Waals surface area contributed by atoms with E-state index in [2.05, 4.69) is 10.3 Å². The van der Waals surface area contributed by atoms with Crippen LogP contribution < -0.4 is 15.8 Å². The van der Waals surface area contributed by atoms with Crippen LogP contribution in [-0.4, -0.2) is 18.0 Å². The maximum Gasteiger partial charge on any atom is 0.267 e. The molecule has 1 aromatic heterocycles. The summed E-state index contributed by atoms with van der Waals surface area (Å²) in [6.07, 6.45) is 0. The number of carbonyl (C=O) groups is 1. The van der Waals surface area contributed by atoms with Gasteiger partial charge in [-0.15, -0.1) is 0 Å². The molecule has 3 N–H and O–H groups in total. The van der Waals surface area contributed by atoms with Gasteiger partial charge in [0.25, 0.3) is 5.91 Å². The van der Waals surface area contributed by atoms with Crippen molar-refractivity contribution in [1.29, 1.82) is 0 Å². The van der Waals surface area contributed by atoms with Crippen LogP contribution in [0.5, 0.6) is 5.75 Å². The largest absolute Gasteiger partial charge is 0.496 e. The number of aromatic nitrogens is 1. The van der Waals surface area contributed by atoms with E-state index in [-0.39, 0.29) is 5.91 Å². The molecule has 0 aliphatic heterocycles. The van der Waals surface area contributed by atoms with Crippen LogP contribution in [0.15, 0.2) is 18.2 Å². The van der Waals surface area contributed by atoms with Crippen molar-refractivity contribution >= 4 is 28.1 Å². The fraction of sp³-hybridized carbons (Fsp3) is 0.231. The van der Waals surface area contributed by atoms with Crippen molar-refractivity contribution in [2.75, 3.05) is 18.2 Å². The van der Waals surface area contributed by atoms with Gasteiger partial charge < -0.3 is 15.8 Å². The van der Waals surface area contributed by atoms with E-state index in [0.29, 0.717) is 15.7 Å². The molecular formula is C13H15N3O2S. The summed E-state index contributed by atoms with van der Waals surface area (Å²) in [7, 11) is 1.62. The van der Waals surface area contributed by atoms with E-state index in [9.17, 15) is 4.79 Å². The summed E-state index contributed by atoms with van der Waals surface area (Å²) in [6, 6.07) is 5.47. The van der Waals surface area contributed by atoms with Gasteiger partial charge in [0.05, 0.1) is 12.8 Å². The number of ether oxygens (including phenoxy) is 1. The van der Waals surface area contributed by atoms with E-state index >= 15 is 0 Å². The molecule has 6 heteroatoms. The fourth-order valence-corrected chi connectivity index (χ4v) is 2.50. The highest BCUT2D eigenvalue weighted by molar-refractivity contribution is 7.17. The average molecular weight is 277 g/mol. The maximum absolute atomic E-state index is 12.1. The number of amides is 1. The number of thiazole rings is 1. The topological polar surface area (TPSA) is 77.2 Å². The smallest absolute Gasteiger partial charge is 0.267 e. The van der Waals surface area contributed by atoms with Crippen LogP contribution >= 0.6 is 11.3 Å². The van der Waals surface area contributed by atoms with Crippen molar-refractivity contribution in [3.05, 3.63) is 34.3 Å². The zero-order valence-corrected chi connectivity index (χ0v) is 11.8. The SMILES string of the molecule is COc1ccc(NC(=O)c2sc(N)nc2C)cc1C. The summed E-state index contributed by atoms with van der Waals surface area (Å²) in [6.45, 7) is 3.69. The first kappa shape index (κ1) is 13.4. The van der Waals surface area contributed by atoms with Gasteiger partial charge in [0.1, 0.15) is 10.6 Å². The Labute approximate surface area is 115 Å². The number of rotatable bonds is 3. The minimum atomic E-state index is -0.198. The third kappa shape index (κ3) is 2.85. The molecule has 0 saturated carbocycles. The number of carbonyl (C=O) groups excluding carboxylic acids is 1. The van der Waals surface area contributed by atoms with Crippen molar-refractivity contribution in [3.8, 4) is 5.75 Å². The average Bonchev–Trinajstić information content (AvgIpc) is 2.69. The highest BCUT2D eigenvalue weighted by Crippen LogP contribution is 2.24. The molecule has 1 aromatic carbocycles. The number of hydrogen-bond donors (Lipinski definition) is 2. The Morgan fingerprint density at radius 2 is 2.16 bits per heavy atom. The lowest BCUT2D eigenvalue weighted by atomic mass is 10.2. The number of hydrogen-bond acceptors (Lipinski definition) is 5. The number of methoxy groups -OCH3 is 1. The predicted octanol–water partition coefficient (Wildman–Crippen LogP) is 2.60. The number of nitrogen functional groups attached to an aromatic ring is 1. The van der Waals surface area contributed by atoms with E-state index in [1.54, 1.807) is 20.1 Å². The number of nitrogens with two attached hydrogens (primary N) is 1. The second-order valence-corrected chi connectivity index (χ2v) is 5.14. The molecule has 0 saturated heterocycles. The molecule has 5 nitrogen and oxygen atoms in total. The minimum Gasteiger partial charge on any atom is -0.496 e.